The van der Waals surface area contributed by atoms with E-state index in [1.54, 1.807) is 26.0 Å². The van der Waals surface area contributed by atoms with Crippen LogP contribution in [0.15, 0.2) is 52.5 Å². The number of nitrogens with one attached hydrogen (secondary N) is 1. The zero-order valence-corrected chi connectivity index (χ0v) is 12.0. The lowest BCUT2D eigenvalue weighted by Crippen LogP contribution is -2.08. The van der Waals surface area contributed by atoms with Gasteiger partial charge in [0.2, 0.25) is 0 Å². The SMILES string of the molecule is COc1ccc(OC)c(C2=NNc3ccccc3S2)c1. The second-order valence-corrected chi connectivity index (χ2v) is 5.22. The number of para-hydroxylation sites is 1. The Bertz CT molecular complexity index is 671. The molecule has 1 N–H and O–H groups in total. The van der Waals surface area contributed by atoms with E-state index in [0.717, 1.165) is 32.7 Å². The minimum Gasteiger partial charge on any atom is -0.497 e. The Morgan fingerprint density at radius 1 is 1.05 bits per heavy atom. The predicted molar refractivity (Wildman–Crippen MR) is 82.0 cm³/mol. The topological polar surface area (TPSA) is 42.9 Å². The molecule has 5 heteroatoms. The molecule has 0 saturated carbocycles. The van der Waals surface area contributed by atoms with Gasteiger partial charge >= 0.3 is 0 Å². The summed E-state index contributed by atoms with van der Waals surface area (Å²) in [6.07, 6.45) is 0. The van der Waals surface area contributed by atoms with Crippen LogP contribution in [0.25, 0.3) is 0 Å². The summed E-state index contributed by atoms with van der Waals surface area (Å²) in [6, 6.07) is 13.8. The van der Waals surface area contributed by atoms with Gasteiger partial charge in [-0.25, -0.2) is 0 Å². The molecule has 102 valence electrons. The summed E-state index contributed by atoms with van der Waals surface area (Å²) in [7, 11) is 3.30. The maximum atomic E-state index is 5.41. The lowest BCUT2D eigenvalue weighted by atomic mass is 10.2. The highest BCUT2D eigenvalue weighted by atomic mass is 32.2. The molecule has 0 bridgehead atoms. The summed E-state index contributed by atoms with van der Waals surface area (Å²) in [5.41, 5.74) is 5.00. The average Bonchev–Trinajstić information content (AvgIpc) is 2.53. The minimum absolute atomic E-state index is 0.776. The van der Waals surface area contributed by atoms with E-state index in [-0.39, 0.29) is 0 Å². The second kappa shape index (κ2) is 5.46. The molecule has 1 aliphatic rings. The van der Waals surface area contributed by atoms with E-state index in [1.807, 2.05) is 36.4 Å². The molecular formula is C15H14N2O2S. The molecule has 0 unspecified atom stereocenters. The third-order valence-corrected chi connectivity index (χ3v) is 4.09. The monoisotopic (exact) mass is 286 g/mol. The fraction of sp³-hybridized carbons (Fsp3) is 0.133. The van der Waals surface area contributed by atoms with E-state index in [0.29, 0.717) is 0 Å². The number of rotatable bonds is 3. The van der Waals surface area contributed by atoms with Crippen molar-refractivity contribution in [2.45, 2.75) is 4.90 Å². The Balaban J connectivity index is 2.00. The predicted octanol–water partition coefficient (Wildman–Crippen LogP) is 3.58. The standard InChI is InChI=1S/C15H14N2O2S/c1-18-10-7-8-13(19-2)11(9-10)15-17-16-12-5-3-4-6-14(12)20-15/h3-9,16H,1-2H3. The first-order valence-corrected chi connectivity index (χ1v) is 6.96. The number of methoxy groups -OCH3 is 2. The number of anilines is 1. The first kappa shape index (κ1) is 12.9. The summed E-state index contributed by atoms with van der Waals surface area (Å²) in [4.78, 5) is 1.14. The molecule has 0 amide bonds. The van der Waals surface area contributed by atoms with Gasteiger partial charge in [-0.1, -0.05) is 23.9 Å². The summed E-state index contributed by atoms with van der Waals surface area (Å²) < 4.78 is 10.7. The molecule has 0 saturated heterocycles. The van der Waals surface area contributed by atoms with Crippen LogP contribution in [0.2, 0.25) is 0 Å². The molecule has 1 aliphatic heterocycles. The van der Waals surface area contributed by atoms with Gasteiger partial charge in [0, 0.05) is 4.90 Å². The summed E-state index contributed by atoms with van der Waals surface area (Å²) in [5, 5.41) is 5.28. The molecule has 3 rings (SSSR count). The molecule has 0 spiro atoms. The van der Waals surface area contributed by atoms with Crippen molar-refractivity contribution in [1.82, 2.24) is 0 Å². The molecule has 2 aromatic carbocycles. The van der Waals surface area contributed by atoms with E-state index < -0.39 is 0 Å². The molecule has 4 nitrogen and oxygen atoms in total. The van der Waals surface area contributed by atoms with Crippen LogP contribution in [0.1, 0.15) is 5.56 Å². The maximum absolute atomic E-state index is 5.41. The van der Waals surface area contributed by atoms with Crippen LogP contribution in [0.3, 0.4) is 0 Å². The summed E-state index contributed by atoms with van der Waals surface area (Å²) in [6.45, 7) is 0. The van der Waals surface area contributed by atoms with Crippen molar-refractivity contribution in [3.05, 3.63) is 48.0 Å². The molecule has 0 atom stereocenters. The lowest BCUT2D eigenvalue weighted by Gasteiger charge is -2.18. The van der Waals surface area contributed by atoms with Gasteiger partial charge in [0.1, 0.15) is 16.5 Å². The highest BCUT2D eigenvalue weighted by Gasteiger charge is 2.18. The van der Waals surface area contributed by atoms with E-state index in [1.165, 1.54) is 0 Å². The van der Waals surface area contributed by atoms with Crippen LogP contribution in [-0.4, -0.2) is 19.3 Å². The van der Waals surface area contributed by atoms with Gasteiger partial charge in [0.05, 0.1) is 25.5 Å². The Kier molecular flexibility index (Phi) is 3.52. The van der Waals surface area contributed by atoms with Crippen LogP contribution in [0, 0.1) is 0 Å². The van der Waals surface area contributed by atoms with Gasteiger partial charge in [0.25, 0.3) is 0 Å². The largest absolute Gasteiger partial charge is 0.497 e. The van der Waals surface area contributed by atoms with Crippen molar-refractivity contribution in [1.29, 1.82) is 0 Å². The minimum atomic E-state index is 0.776. The molecule has 0 aromatic heterocycles. The van der Waals surface area contributed by atoms with Crippen molar-refractivity contribution in [2.24, 2.45) is 5.10 Å². The number of thioether (sulfide) groups is 1. The van der Waals surface area contributed by atoms with Crippen molar-refractivity contribution < 1.29 is 9.47 Å². The molecular weight excluding hydrogens is 272 g/mol. The number of hydrogen-bond donors (Lipinski definition) is 1. The maximum Gasteiger partial charge on any atom is 0.132 e. The first-order chi connectivity index (χ1) is 9.81. The van der Waals surface area contributed by atoms with E-state index >= 15 is 0 Å². The zero-order chi connectivity index (χ0) is 13.9. The van der Waals surface area contributed by atoms with Crippen molar-refractivity contribution in [3.63, 3.8) is 0 Å². The number of nitrogens with zero attached hydrogens (tertiary/aromatic N) is 1. The smallest absolute Gasteiger partial charge is 0.132 e. The quantitative estimate of drug-likeness (QED) is 0.936. The van der Waals surface area contributed by atoms with Gasteiger partial charge in [-0.05, 0) is 30.3 Å². The Labute approximate surface area is 121 Å². The van der Waals surface area contributed by atoms with Crippen LogP contribution < -0.4 is 14.9 Å². The van der Waals surface area contributed by atoms with E-state index in [4.69, 9.17) is 9.47 Å². The van der Waals surface area contributed by atoms with Crippen LogP contribution in [0.4, 0.5) is 5.69 Å². The highest BCUT2D eigenvalue weighted by molar-refractivity contribution is 8.14. The molecule has 2 aromatic rings. The van der Waals surface area contributed by atoms with Crippen molar-refractivity contribution >= 4 is 22.5 Å². The number of hydrazone groups is 1. The molecule has 0 aliphatic carbocycles. The number of hydrogen-bond acceptors (Lipinski definition) is 5. The molecule has 0 radical (unpaired) electrons. The van der Waals surface area contributed by atoms with Crippen LogP contribution in [-0.2, 0) is 0 Å². The fourth-order valence-electron chi connectivity index (χ4n) is 1.98. The lowest BCUT2D eigenvalue weighted by molar-refractivity contribution is 0.402. The van der Waals surface area contributed by atoms with Gasteiger partial charge < -0.3 is 9.47 Å². The number of benzene rings is 2. The fourth-order valence-corrected chi connectivity index (χ4v) is 2.92. The van der Waals surface area contributed by atoms with Crippen LogP contribution >= 0.6 is 11.8 Å². The van der Waals surface area contributed by atoms with E-state index in [2.05, 4.69) is 16.6 Å². The van der Waals surface area contributed by atoms with Gasteiger partial charge in [-0.3, -0.25) is 5.43 Å². The normalized spacial score (nSPS) is 13.0. The Morgan fingerprint density at radius 2 is 1.90 bits per heavy atom. The molecule has 0 fully saturated rings. The Morgan fingerprint density at radius 3 is 2.70 bits per heavy atom. The van der Waals surface area contributed by atoms with Gasteiger partial charge in [0.15, 0.2) is 0 Å². The Hall–Kier alpha value is -2.14. The summed E-state index contributed by atoms with van der Waals surface area (Å²) in [5.74, 6) is 1.56. The number of ether oxygens (including phenoxy) is 2. The zero-order valence-electron chi connectivity index (χ0n) is 11.2. The van der Waals surface area contributed by atoms with Crippen molar-refractivity contribution in [3.8, 4) is 11.5 Å². The van der Waals surface area contributed by atoms with E-state index in [9.17, 15) is 0 Å². The van der Waals surface area contributed by atoms with Crippen molar-refractivity contribution in [2.75, 3.05) is 19.6 Å². The average molecular weight is 286 g/mol. The highest BCUT2D eigenvalue weighted by Crippen LogP contribution is 2.37. The van der Waals surface area contributed by atoms with Crippen LogP contribution in [0.5, 0.6) is 11.5 Å². The van der Waals surface area contributed by atoms with Gasteiger partial charge in [-0.15, -0.1) is 0 Å². The first-order valence-electron chi connectivity index (χ1n) is 6.15. The molecule has 1 heterocycles. The number of fused-ring (bicyclic) bond motifs is 1. The second-order valence-electron chi connectivity index (χ2n) is 4.19. The molecule has 20 heavy (non-hydrogen) atoms. The third kappa shape index (κ3) is 2.32. The summed E-state index contributed by atoms with van der Waals surface area (Å²) >= 11 is 1.61. The third-order valence-electron chi connectivity index (χ3n) is 3.01. The van der Waals surface area contributed by atoms with Gasteiger partial charge in [-0.2, -0.15) is 5.10 Å².